The Morgan fingerprint density at radius 1 is 0.828 bits per heavy atom. The van der Waals surface area contributed by atoms with Crippen LogP contribution < -0.4 is 5.73 Å². The van der Waals surface area contributed by atoms with Crippen LogP contribution in [0.3, 0.4) is 0 Å². The van der Waals surface area contributed by atoms with Gasteiger partial charge in [-0.05, 0) is 5.56 Å². The number of hydrogen-bond donors (Lipinski definition) is 1. The fourth-order valence-electron chi connectivity index (χ4n) is 3.28. The molecule has 1 heterocycles. The van der Waals surface area contributed by atoms with Gasteiger partial charge in [0.15, 0.2) is 5.16 Å². The van der Waals surface area contributed by atoms with Gasteiger partial charge in [-0.3, -0.25) is 4.79 Å². The Labute approximate surface area is 174 Å². The monoisotopic (exact) mass is 399 g/mol. The van der Waals surface area contributed by atoms with E-state index in [0.717, 1.165) is 27.7 Å². The van der Waals surface area contributed by atoms with Gasteiger partial charge in [0.25, 0.3) is 0 Å². The molecule has 1 aromatic heterocycles. The topological polar surface area (TPSA) is 60.9 Å². The summed E-state index contributed by atoms with van der Waals surface area (Å²) in [5.41, 5.74) is 10.6. The summed E-state index contributed by atoms with van der Waals surface area (Å²) in [6, 6.07) is 30.6. The van der Waals surface area contributed by atoms with Crippen molar-refractivity contribution in [3.63, 3.8) is 0 Å². The van der Waals surface area contributed by atoms with Gasteiger partial charge in [-0.2, -0.15) is 0 Å². The normalized spacial score (nSPS) is 10.8. The van der Waals surface area contributed by atoms with Crippen LogP contribution in [0.5, 0.6) is 0 Å². The maximum atomic E-state index is 11.4. The Balaban J connectivity index is 1.91. The molecule has 4 nitrogen and oxygen atoms in total. The van der Waals surface area contributed by atoms with Crippen LogP contribution in [0, 0.1) is 0 Å². The molecule has 0 unspecified atom stereocenters. The number of aromatic nitrogens is 2. The van der Waals surface area contributed by atoms with Crippen LogP contribution in [-0.4, -0.2) is 21.2 Å². The van der Waals surface area contributed by atoms with E-state index in [0.29, 0.717) is 6.54 Å². The minimum atomic E-state index is -0.355. The predicted molar refractivity (Wildman–Crippen MR) is 119 cm³/mol. The highest BCUT2D eigenvalue weighted by Gasteiger charge is 2.21. The largest absolute Gasteiger partial charge is 0.369 e. The van der Waals surface area contributed by atoms with Crippen molar-refractivity contribution < 1.29 is 4.79 Å². The number of carbonyl (C=O) groups is 1. The molecule has 0 atom stereocenters. The molecule has 0 fully saturated rings. The predicted octanol–water partition coefficient (Wildman–Crippen LogP) is 4.84. The maximum absolute atomic E-state index is 11.4. The van der Waals surface area contributed by atoms with Crippen LogP contribution >= 0.6 is 11.8 Å². The number of thioether (sulfide) groups is 1. The van der Waals surface area contributed by atoms with Crippen molar-refractivity contribution in [3.8, 4) is 22.5 Å². The van der Waals surface area contributed by atoms with Crippen molar-refractivity contribution in [1.82, 2.24) is 9.55 Å². The Hall–Kier alpha value is -3.31. The van der Waals surface area contributed by atoms with Crippen molar-refractivity contribution in [1.29, 1.82) is 0 Å². The van der Waals surface area contributed by atoms with Crippen LogP contribution in [0.15, 0.2) is 96.2 Å². The van der Waals surface area contributed by atoms with Gasteiger partial charge in [-0.25, -0.2) is 4.98 Å². The molecule has 0 saturated heterocycles. The minimum absolute atomic E-state index is 0.189. The number of nitrogens with two attached hydrogens (primary N) is 1. The van der Waals surface area contributed by atoms with E-state index in [-0.39, 0.29) is 11.7 Å². The van der Waals surface area contributed by atoms with Gasteiger partial charge in [0, 0.05) is 11.1 Å². The number of hydrogen-bond acceptors (Lipinski definition) is 3. The highest BCUT2D eigenvalue weighted by molar-refractivity contribution is 7.99. The van der Waals surface area contributed by atoms with Crippen LogP contribution in [0.1, 0.15) is 5.56 Å². The van der Waals surface area contributed by atoms with Crippen LogP contribution in [0.4, 0.5) is 0 Å². The van der Waals surface area contributed by atoms with Crippen LogP contribution in [0.2, 0.25) is 0 Å². The highest BCUT2D eigenvalue weighted by atomic mass is 32.2. The summed E-state index contributed by atoms with van der Waals surface area (Å²) in [5.74, 6) is -0.166. The third-order valence-corrected chi connectivity index (χ3v) is 5.55. The zero-order chi connectivity index (χ0) is 20.1. The van der Waals surface area contributed by atoms with Gasteiger partial charge in [-0.1, -0.05) is 103 Å². The third-order valence-electron chi connectivity index (χ3n) is 4.55. The molecular weight excluding hydrogens is 378 g/mol. The van der Waals surface area contributed by atoms with E-state index in [2.05, 4.69) is 41.0 Å². The van der Waals surface area contributed by atoms with Crippen LogP contribution in [0.25, 0.3) is 22.5 Å². The van der Waals surface area contributed by atoms with E-state index in [1.807, 2.05) is 54.6 Å². The molecule has 3 aromatic carbocycles. The van der Waals surface area contributed by atoms with Crippen LogP contribution in [-0.2, 0) is 11.3 Å². The first-order valence-corrected chi connectivity index (χ1v) is 10.4. The lowest BCUT2D eigenvalue weighted by molar-refractivity contribution is -0.115. The highest BCUT2D eigenvalue weighted by Crippen LogP contribution is 2.36. The lowest BCUT2D eigenvalue weighted by atomic mass is 10.0. The molecule has 5 heteroatoms. The summed E-state index contributed by atoms with van der Waals surface area (Å²) < 4.78 is 2.18. The Kier molecular flexibility index (Phi) is 5.77. The zero-order valence-corrected chi connectivity index (χ0v) is 16.7. The van der Waals surface area contributed by atoms with E-state index >= 15 is 0 Å². The molecule has 1 amide bonds. The summed E-state index contributed by atoms with van der Waals surface area (Å²) in [7, 11) is 0. The van der Waals surface area contributed by atoms with Gasteiger partial charge in [0.05, 0.1) is 23.7 Å². The molecule has 0 bridgehead atoms. The average Bonchev–Trinajstić information content (AvgIpc) is 3.12. The van der Waals surface area contributed by atoms with E-state index in [9.17, 15) is 4.79 Å². The smallest absolute Gasteiger partial charge is 0.227 e. The molecule has 0 aliphatic carbocycles. The minimum Gasteiger partial charge on any atom is -0.369 e. The summed E-state index contributed by atoms with van der Waals surface area (Å²) in [6.07, 6.45) is 0. The fourth-order valence-corrected chi connectivity index (χ4v) is 4.02. The molecule has 0 radical (unpaired) electrons. The number of benzene rings is 3. The average molecular weight is 400 g/mol. The molecule has 0 spiro atoms. The number of carbonyl (C=O) groups excluding carboxylic acids is 1. The molecule has 4 aromatic rings. The van der Waals surface area contributed by atoms with Crippen molar-refractivity contribution in [2.45, 2.75) is 11.7 Å². The van der Waals surface area contributed by atoms with Gasteiger partial charge >= 0.3 is 0 Å². The first-order valence-electron chi connectivity index (χ1n) is 9.39. The first-order chi connectivity index (χ1) is 14.2. The van der Waals surface area contributed by atoms with Gasteiger partial charge in [-0.15, -0.1) is 0 Å². The molecule has 29 heavy (non-hydrogen) atoms. The zero-order valence-electron chi connectivity index (χ0n) is 15.9. The van der Waals surface area contributed by atoms with Crippen molar-refractivity contribution in [3.05, 3.63) is 96.6 Å². The number of primary amides is 1. The molecule has 0 aliphatic heterocycles. The SMILES string of the molecule is NC(=O)CSc1nc(-c2ccccc2)c(-c2ccccc2)n1Cc1ccccc1. The molecule has 4 rings (SSSR count). The van der Waals surface area contributed by atoms with E-state index in [1.54, 1.807) is 0 Å². The number of imidazole rings is 1. The molecule has 144 valence electrons. The number of amides is 1. The van der Waals surface area contributed by atoms with Gasteiger partial charge < -0.3 is 10.3 Å². The quantitative estimate of drug-likeness (QED) is 0.452. The van der Waals surface area contributed by atoms with Crippen molar-refractivity contribution in [2.24, 2.45) is 5.73 Å². The Morgan fingerprint density at radius 2 is 1.38 bits per heavy atom. The Bertz CT molecular complexity index is 1090. The van der Waals surface area contributed by atoms with E-state index < -0.39 is 0 Å². The lowest BCUT2D eigenvalue weighted by Gasteiger charge is -2.13. The first kappa shape index (κ1) is 19.0. The second kappa shape index (κ2) is 8.80. The lowest BCUT2D eigenvalue weighted by Crippen LogP contribution is -2.14. The van der Waals surface area contributed by atoms with Gasteiger partial charge in [0.1, 0.15) is 0 Å². The fraction of sp³-hybridized carbons (Fsp3) is 0.0833. The van der Waals surface area contributed by atoms with Gasteiger partial charge in [0.2, 0.25) is 5.91 Å². The second-order valence-electron chi connectivity index (χ2n) is 6.65. The number of rotatable bonds is 7. The second-order valence-corrected chi connectivity index (χ2v) is 7.59. The summed E-state index contributed by atoms with van der Waals surface area (Å²) in [6.45, 7) is 0.659. The molecule has 0 saturated carbocycles. The van der Waals surface area contributed by atoms with Crippen molar-refractivity contribution in [2.75, 3.05) is 5.75 Å². The summed E-state index contributed by atoms with van der Waals surface area (Å²) in [4.78, 5) is 16.4. The number of nitrogens with zero attached hydrogens (tertiary/aromatic N) is 2. The molecule has 0 aliphatic rings. The van der Waals surface area contributed by atoms with E-state index in [1.165, 1.54) is 17.3 Å². The Morgan fingerprint density at radius 3 is 1.97 bits per heavy atom. The third kappa shape index (κ3) is 4.41. The summed E-state index contributed by atoms with van der Waals surface area (Å²) >= 11 is 1.38. The standard InChI is InChI=1S/C24H21N3OS/c25-21(28)17-29-24-26-22(19-12-6-2-7-13-19)23(20-14-8-3-9-15-20)27(24)16-18-10-4-1-5-11-18/h1-15H,16-17H2,(H2,25,28). The summed E-state index contributed by atoms with van der Waals surface area (Å²) in [5, 5.41) is 0.783. The van der Waals surface area contributed by atoms with Crippen molar-refractivity contribution >= 4 is 17.7 Å². The van der Waals surface area contributed by atoms with E-state index in [4.69, 9.17) is 10.7 Å². The maximum Gasteiger partial charge on any atom is 0.227 e. The molecular formula is C24H21N3OS. The molecule has 2 N–H and O–H groups in total.